The molecule has 1 aromatic rings. The lowest BCUT2D eigenvalue weighted by atomic mass is 10.1. The Bertz CT molecular complexity index is 518. The van der Waals surface area contributed by atoms with Crippen LogP contribution in [-0.2, 0) is 0 Å². The molecule has 0 radical (unpaired) electrons. The molecule has 5 nitrogen and oxygen atoms in total. The first-order valence-electron chi connectivity index (χ1n) is 7.24. The molecule has 1 aliphatic heterocycles. The monoisotopic (exact) mass is 273 g/mol. The number of hydrogen-bond donors (Lipinski definition) is 1. The summed E-state index contributed by atoms with van der Waals surface area (Å²) in [5, 5.41) is 20.8. The maximum Gasteiger partial charge on any atom is 0.166 e. The van der Waals surface area contributed by atoms with E-state index in [1.54, 1.807) is 0 Å². The second-order valence-electron chi connectivity index (χ2n) is 5.87. The summed E-state index contributed by atoms with van der Waals surface area (Å²) in [7, 11) is 0. The molecule has 2 rings (SSSR count). The van der Waals surface area contributed by atoms with Crippen LogP contribution in [0.2, 0.25) is 0 Å². The molecule has 1 aromatic heterocycles. The van der Waals surface area contributed by atoms with Gasteiger partial charge in [0.25, 0.3) is 0 Å². The first kappa shape index (κ1) is 14.7. The molecule has 0 aliphatic carbocycles. The number of nitriles is 1. The van der Waals surface area contributed by atoms with Crippen molar-refractivity contribution in [3.05, 3.63) is 16.8 Å². The lowest BCUT2D eigenvalue weighted by Gasteiger charge is -2.20. The number of aryl methyl sites for hydroxylation is 1. The Kier molecular flexibility index (Phi) is 4.56. The zero-order valence-corrected chi connectivity index (χ0v) is 12.8. The van der Waals surface area contributed by atoms with Crippen molar-refractivity contribution in [3.63, 3.8) is 0 Å². The van der Waals surface area contributed by atoms with Gasteiger partial charge < -0.3 is 10.2 Å². The van der Waals surface area contributed by atoms with Crippen LogP contribution in [0.4, 0.5) is 5.82 Å². The van der Waals surface area contributed by atoms with E-state index in [4.69, 9.17) is 0 Å². The highest BCUT2D eigenvalue weighted by atomic mass is 15.2. The van der Waals surface area contributed by atoms with Crippen molar-refractivity contribution < 1.29 is 0 Å². The predicted octanol–water partition coefficient (Wildman–Crippen LogP) is 2.11. The summed E-state index contributed by atoms with van der Waals surface area (Å²) in [6, 6.07) is 2.84. The number of nitrogens with one attached hydrogen (secondary N) is 1. The van der Waals surface area contributed by atoms with Gasteiger partial charge in [0.05, 0.1) is 5.69 Å². The van der Waals surface area contributed by atoms with Crippen LogP contribution >= 0.6 is 0 Å². The van der Waals surface area contributed by atoms with Gasteiger partial charge in [0.1, 0.15) is 11.6 Å². The van der Waals surface area contributed by atoms with Crippen LogP contribution in [0.5, 0.6) is 0 Å². The molecule has 2 heterocycles. The average Bonchev–Trinajstić information content (AvgIpc) is 2.89. The Balaban J connectivity index is 1.99. The van der Waals surface area contributed by atoms with Gasteiger partial charge in [-0.2, -0.15) is 10.4 Å². The minimum atomic E-state index is 0.607. The predicted molar refractivity (Wildman–Crippen MR) is 79.5 cm³/mol. The number of hydrogen-bond acceptors (Lipinski definition) is 5. The molecule has 1 saturated heterocycles. The van der Waals surface area contributed by atoms with E-state index < -0.39 is 0 Å². The lowest BCUT2D eigenvalue weighted by molar-refractivity contribution is 0.266. The number of nitrogens with zero attached hydrogens (tertiary/aromatic N) is 4. The molecule has 1 fully saturated rings. The molecule has 20 heavy (non-hydrogen) atoms. The van der Waals surface area contributed by atoms with Crippen molar-refractivity contribution in [1.82, 2.24) is 15.1 Å². The topological polar surface area (TPSA) is 64.8 Å². The average molecular weight is 273 g/mol. The molecule has 0 bridgehead atoms. The maximum absolute atomic E-state index is 9.26. The molecule has 0 saturated carbocycles. The molecular weight excluding hydrogens is 250 g/mol. The third-order valence-electron chi connectivity index (χ3n) is 4.17. The van der Waals surface area contributed by atoms with Gasteiger partial charge >= 0.3 is 0 Å². The molecule has 1 unspecified atom stereocenters. The first-order chi connectivity index (χ1) is 9.52. The number of likely N-dealkylation sites (tertiary alicyclic amines) is 1. The molecule has 108 valence electrons. The third kappa shape index (κ3) is 3.07. The van der Waals surface area contributed by atoms with E-state index in [2.05, 4.69) is 40.3 Å². The number of anilines is 1. The van der Waals surface area contributed by atoms with Gasteiger partial charge in [0.15, 0.2) is 5.82 Å². The molecule has 0 aromatic carbocycles. The van der Waals surface area contributed by atoms with Crippen molar-refractivity contribution in [2.75, 3.05) is 25.0 Å². The van der Waals surface area contributed by atoms with Gasteiger partial charge in [-0.15, -0.1) is 5.10 Å². The van der Waals surface area contributed by atoms with Crippen molar-refractivity contribution in [2.45, 2.75) is 40.2 Å². The quantitative estimate of drug-likeness (QED) is 0.910. The van der Waals surface area contributed by atoms with E-state index in [0.717, 1.165) is 30.9 Å². The van der Waals surface area contributed by atoms with Crippen LogP contribution in [-0.4, -0.2) is 40.8 Å². The third-order valence-corrected chi connectivity index (χ3v) is 4.17. The van der Waals surface area contributed by atoms with E-state index in [-0.39, 0.29) is 0 Å². The summed E-state index contributed by atoms with van der Waals surface area (Å²) >= 11 is 0. The fraction of sp³-hybridized carbons (Fsp3) is 0.667. The highest BCUT2D eigenvalue weighted by molar-refractivity contribution is 5.55. The maximum atomic E-state index is 9.26. The number of aromatic nitrogens is 2. The standard InChI is InChI=1S/C15H23N5/c1-10(2)20-6-5-13(9-20)8-17-15-14(7-16)11(3)12(4)18-19-15/h10,13H,5-6,8-9H2,1-4H3,(H,17,19). The van der Waals surface area contributed by atoms with E-state index in [0.29, 0.717) is 23.3 Å². The molecule has 1 N–H and O–H groups in total. The normalized spacial score (nSPS) is 19.3. The van der Waals surface area contributed by atoms with Gasteiger partial charge in [-0.05, 0) is 52.1 Å². The van der Waals surface area contributed by atoms with Gasteiger partial charge in [-0.1, -0.05) is 0 Å². The molecule has 1 atom stereocenters. The molecule has 5 heteroatoms. The molecule has 1 aliphatic rings. The minimum Gasteiger partial charge on any atom is -0.367 e. The number of rotatable bonds is 4. The highest BCUT2D eigenvalue weighted by Crippen LogP contribution is 2.21. The minimum absolute atomic E-state index is 0.607. The summed E-state index contributed by atoms with van der Waals surface area (Å²) < 4.78 is 0. The molecular formula is C15H23N5. The highest BCUT2D eigenvalue weighted by Gasteiger charge is 2.24. The zero-order chi connectivity index (χ0) is 14.7. The summed E-state index contributed by atoms with van der Waals surface area (Å²) in [5.74, 6) is 1.24. The Hall–Kier alpha value is -1.67. The summed E-state index contributed by atoms with van der Waals surface area (Å²) in [5.41, 5.74) is 2.36. The Morgan fingerprint density at radius 1 is 1.40 bits per heavy atom. The van der Waals surface area contributed by atoms with Crippen LogP contribution in [0, 0.1) is 31.1 Å². The van der Waals surface area contributed by atoms with E-state index in [1.807, 2.05) is 13.8 Å². The van der Waals surface area contributed by atoms with Crippen LogP contribution in [0.15, 0.2) is 0 Å². The van der Waals surface area contributed by atoms with Crippen LogP contribution in [0.25, 0.3) is 0 Å². The smallest absolute Gasteiger partial charge is 0.166 e. The fourth-order valence-corrected chi connectivity index (χ4v) is 2.61. The van der Waals surface area contributed by atoms with Crippen molar-refractivity contribution in [2.24, 2.45) is 5.92 Å². The van der Waals surface area contributed by atoms with E-state index >= 15 is 0 Å². The largest absolute Gasteiger partial charge is 0.367 e. The second-order valence-corrected chi connectivity index (χ2v) is 5.87. The molecule has 0 spiro atoms. The SMILES string of the molecule is Cc1nnc(NCC2CCN(C(C)C)C2)c(C#N)c1C. The van der Waals surface area contributed by atoms with Crippen molar-refractivity contribution >= 4 is 5.82 Å². The Morgan fingerprint density at radius 3 is 2.75 bits per heavy atom. The van der Waals surface area contributed by atoms with Gasteiger partial charge in [-0.3, -0.25) is 0 Å². The van der Waals surface area contributed by atoms with Gasteiger partial charge in [-0.25, -0.2) is 0 Å². The Morgan fingerprint density at radius 2 is 2.15 bits per heavy atom. The van der Waals surface area contributed by atoms with Crippen molar-refractivity contribution in [1.29, 1.82) is 5.26 Å². The van der Waals surface area contributed by atoms with E-state index in [1.165, 1.54) is 6.42 Å². The van der Waals surface area contributed by atoms with Crippen LogP contribution in [0.1, 0.15) is 37.1 Å². The van der Waals surface area contributed by atoms with Crippen molar-refractivity contribution in [3.8, 4) is 6.07 Å². The Labute approximate surface area is 121 Å². The zero-order valence-electron chi connectivity index (χ0n) is 12.8. The van der Waals surface area contributed by atoms with E-state index in [9.17, 15) is 5.26 Å². The summed E-state index contributed by atoms with van der Waals surface area (Å²) in [6.07, 6.45) is 1.20. The fourth-order valence-electron chi connectivity index (χ4n) is 2.61. The second kappa shape index (κ2) is 6.19. The summed E-state index contributed by atoms with van der Waals surface area (Å²) in [6.45, 7) is 11.4. The molecule has 0 amide bonds. The van der Waals surface area contributed by atoms with Crippen LogP contribution in [0.3, 0.4) is 0 Å². The summed E-state index contributed by atoms with van der Waals surface area (Å²) in [4.78, 5) is 2.49. The van der Waals surface area contributed by atoms with Gasteiger partial charge in [0, 0.05) is 19.1 Å². The van der Waals surface area contributed by atoms with Gasteiger partial charge in [0.2, 0.25) is 0 Å². The lowest BCUT2D eigenvalue weighted by Crippen LogP contribution is -2.29. The first-order valence-corrected chi connectivity index (χ1v) is 7.24. The van der Waals surface area contributed by atoms with Crippen LogP contribution < -0.4 is 5.32 Å².